The summed E-state index contributed by atoms with van der Waals surface area (Å²) in [6, 6.07) is 14.1. The van der Waals surface area contributed by atoms with Gasteiger partial charge in [-0.3, -0.25) is 19.3 Å². The van der Waals surface area contributed by atoms with Crippen LogP contribution in [-0.2, 0) is 9.59 Å². The molecule has 0 unspecified atom stereocenters. The molecule has 2 amide bonds. The molecule has 0 saturated heterocycles. The fourth-order valence-electron chi connectivity index (χ4n) is 7.05. The van der Waals surface area contributed by atoms with E-state index < -0.39 is 47.3 Å². The number of amides is 2. The summed E-state index contributed by atoms with van der Waals surface area (Å²) in [6.45, 7) is 7.10. The number of hydrogen-bond acceptors (Lipinski definition) is 9. The van der Waals surface area contributed by atoms with E-state index in [1.54, 1.807) is 56.4 Å². The Morgan fingerprint density at radius 2 is 1.67 bits per heavy atom. The van der Waals surface area contributed by atoms with Crippen LogP contribution in [0.4, 0.5) is 5.82 Å². The number of anilines is 1. The molecule has 0 radical (unpaired) electrons. The number of aliphatic hydroxyl groups excluding tert-OH is 2. The van der Waals surface area contributed by atoms with Gasteiger partial charge < -0.3 is 27.0 Å². The number of fused-ring (bicyclic) bond motifs is 1. The van der Waals surface area contributed by atoms with Gasteiger partial charge in [-0.25, -0.2) is 9.97 Å². The molecule has 266 valence electrons. The molecule has 1 aliphatic carbocycles. The summed E-state index contributed by atoms with van der Waals surface area (Å²) in [5.41, 5.74) is 11.2. The van der Waals surface area contributed by atoms with Gasteiger partial charge in [-0.05, 0) is 48.4 Å². The number of aromatic nitrogens is 2. The minimum absolute atomic E-state index is 0.00214. The van der Waals surface area contributed by atoms with Crippen molar-refractivity contribution in [3.63, 3.8) is 0 Å². The van der Waals surface area contributed by atoms with Crippen molar-refractivity contribution in [1.29, 1.82) is 0 Å². The largest absolute Gasteiger partial charge is 0.389 e. The second-order valence-electron chi connectivity index (χ2n) is 13.9. The summed E-state index contributed by atoms with van der Waals surface area (Å²) in [7, 11) is 0. The molecule has 3 aromatic rings. The van der Waals surface area contributed by atoms with Crippen LogP contribution in [0.15, 0.2) is 60.8 Å². The number of para-hydroxylation sites is 1. The lowest BCUT2D eigenvalue weighted by molar-refractivity contribution is -0.145. The third-order valence-electron chi connectivity index (χ3n) is 10.4. The van der Waals surface area contributed by atoms with E-state index in [1.807, 2.05) is 26.0 Å². The van der Waals surface area contributed by atoms with E-state index in [-0.39, 0.29) is 30.6 Å². The van der Waals surface area contributed by atoms with Crippen LogP contribution >= 0.6 is 0 Å². The van der Waals surface area contributed by atoms with Gasteiger partial charge in [0.05, 0.1) is 17.7 Å². The van der Waals surface area contributed by atoms with Gasteiger partial charge in [0.1, 0.15) is 23.0 Å². The summed E-state index contributed by atoms with van der Waals surface area (Å²) in [6.07, 6.45) is 4.61. The number of pyridine rings is 2. The maximum atomic E-state index is 14.6. The molecule has 1 aliphatic rings. The highest BCUT2D eigenvalue weighted by atomic mass is 16.3. The molecule has 0 spiro atoms. The number of ketones is 1. The third-order valence-corrected chi connectivity index (χ3v) is 10.4. The smallest absolute Gasteiger partial charge is 0.245 e. The molecule has 6 atom stereocenters. The fourth-order valence-corrected chi connectivity index (χ4v) is 7.05. The Morgan fingerprint density at radius 1 is 0.980 bits per heavy atom. The summed E-state index contributed by atoms with van der Waals surface area (Å²) >= 11 is 0. The average Bonchev–Trinajstić information content (AvgIpc) is 3.12. The van der Waals surface area contributed by atoms with E-state index in [0.29, 0.717) is 30.1 Å². The molecule has 7 N–H and O–H groups in total. The molecule has 0 bridgehead atoms. The van der Waals surface area contributed by atoms with Crippen molar-refractivity contribution in [3.8, 4) is 0 Å². The number of aliphatic hydroxyl groups is 2. The highest BCUT2D eigenvalue weighted by molar-refractivity contribution is 6.14. The monoisotopic (exact) mass is 674 g/mol. The van der Waals surface area contributed by atoms with Crippen molar-refractivity contribution in [2.75, 3.05) is 18.0 Å². The average molecular weight is 675 g/mol. The molecule has 4 rings (SSSR count). The van der Waals surface area contributed by atoms with Crippen LogP contribution in [0.25, 0.3) is 10.9 Å². The first-order chi connectivity index (χ1) is 23.4. The maximum Gasteiger partial charge on any atom is 0.245 e. The summed E-state index contributed by atoms with van der Waals surface area (Å²) in [5, 5.41) is 27.2. The van der Waals surface area contributed by atoms with Gasteiger partial charge in [-0.15, -0.1) is 0 Å². The zero-order valence-electron chi connectivity index (χ0n) is 29.3. The SMILES string of the molecule is CC[C@H](C)[C@H](N)C(=O)N(CCNC(=O)[C@](C(=O)c1ccc2ccccc2n1)(C(C)C)[C@@H](O)[C@H](O)[C@@H](N)CC1CCCCC1)c1ccccn1. The molecule has 11 nitrogen and oxygen atoms in total. The van der Waals surface area contributed by atoms with Gasteiger partial charge >= 0.3 is 0 Å². The number of hydrogen-bond donors (Lipinski definition) is 5. The van der Waals surface area contributed by atoms with Gasteiger partial charge in [0, 0.05) is 30.7 Å². The molecule has 11 heteroatoms. The third kappa shape index (κ3) is 8.52. The molecule has 2 heterocycles. The molecule has 1 saturated carbocycles. The highest BCUT2D eigenvalue weighted by Gasteiger charge is 2.57. The summed E-state index contributed by atoms with van der Waals surface area (Å²) in [4.78, 5) is 53.1. The van der Waals surface area contributed by atoms with Crippen molar-refractivity contribution in [3.05, 3.63) is 66.5 Å². The number of nitrogens with zero attached hydrogens (tertiary/aromatic N) is 3. The fraction of sp³-hybridized carbons (Fsp3) is 0.553. The Hall–Kier alpha value is -3.77. The minimum atomic E-state index is -2.16. The van der Waals surface area contributed by atoms with Gasteiger partial charge in [0.2, 0.25) is 11.8 Å². The van der Waals surface area contributed by atoms with Crippen molar-refractivity contribution in [1.82, 2.24) is 15.3 Å². The van der Waals surface area contributed by atoms with Crippen LogP contribution in [0.5, 0.6) is 0 Å². The molecule has 2 aromatic heterocycles. The summed E-state index contributed by atoms with van der Waals surface area (Å²) in [5.74, 6) is -2.08. The van der Waals surface area contributed by atoms with Crippen LogP contribution in [0.3, 0.4) is 0 Å². The van der Waals surface area contributed by atoms with Crippen molar-refractivity contribution in [2.45, 2.75) is 96.9 Å². The van der Waals surface area contributed by atoms with E-state index in [4.69, 9.17) is 11.5 Å². The van der Waals surface area contributed by atoms with E-state index in [1.165, 1.54) is 11.0 Å². The quantitative estimate of drug-likeness (QED) is 0.111. The number of carbonyl (C=O) groups is 3. The number of nitrogens with two attached hydrogens (primary N) is 2. The zero-order chi connectivity index (χ0) is 35.7. The highest BCUT2D eigenvalue weighted by Crippen LogP contribution is 2.39. The van der Waals surface area contributed by atoms with Crippen molar-refractivity contribution >= 4 is 34.3 Å². The number of benzene rings is 1. The number of carbonyl (C=O) groups excluding carboxylic acids is 3. The Labute approximate surface area is 289 Å². The lowest BCUT2D eigenvalue weighted by Crippen LogP contribution is -2.63. The molecular formula is C38H54N6O5. The van der Waals surface area contributed by atoms with Gasteiger partial charge in [0.25, 0.3) is 0 Å². The molecule has 1 fully saturated rings. The van der Waals surface area contributed by atoms with Crippen LogP contribution < -0.4 is 21.7 Å². The first kappa shape index (κ1) is 38.0. The molecule has 1 aromatic carbocycles. The lowest BCUT2D eigenvalue weighted by atomic mass is 9.65. The van der Waals surface area contributed by atoms with Crippen LogP contribution in [0, 0.1) is 23.2 Å². The predicted molar refractivity (Wildman–Crippen MR) is 192 cm³/mol. The first-order valence-electron chi connectivity index (χ1n) is 17.7. The second kappa shape index (κ2) is 17.2. The van der Waals surface area contributed by atoms with Gasteiger partial charge in [-0.1, -0.05) is 96.6 Å². The first-order valence-corrected chi connectivity index (χ1v) is 17.7. The van der Waals surface area contributed by atoms with Crippen molar-refractivity contribution in [2.24, 2.45) is 34.6 Å². The Kier molecular flexibility index (Phi) is 13.4. The Morgan fingerprint density at radius 3 is 2.33 bits per heavy atom. The van der Waals surface area contributed by atoms with E-state index >= 15 is 0 Å². The standard InChI is InChI=1S/C38H54N6O5/c1-5-25(4)32(40)36(48)44(31-17-11-12-20-41-31)22-21-42-37(49)38(24(2)3,34(46)30-19-18-27-15-9-10-16-29(27)43-30)35(47)33(45)28(39)23-26-13-7-6-8-14-26/h9-12,15-20,24-26,28,32-33,35,45,47H,5-8,13-14,21-23,39-40H2,1-4H3,(H,42,49)/t25-,28-,32-,33+,35-,38-/m0/s1. The molecule has 49 heavy (non-hydrogen) atoms. The Balaban J connectivity index is 1.67. The maximum absolute atomic E-state index is 14.6. The summed E-state index contributed by atoms with van der Waals surface area (Å²) < 4.78 is 0. The topological polar surface area (TPSA) is 185 Å². The van der Waals surface area contributed by atoms with E-state index in [2.05, 4.69) is 15.3 Å². The van der Waals surface area contributed by atoms with Crippen LogP contribution in [0.1, 0.15) is 83.1 Å². The van der Waals surface area contributed by atoms with Gasteiger partial charge in [-0.2, -0.15) is 0 Å². The minimum Gasteiger partial charge on any atom is -0.389 e. The lowest BCUT2D eigenvalue weighted by Gasteiger charge is -2.42. The molecule has 0 aliphatic heterocycles. The van der Waals surface area contributed by atoms with Crippen LogP contribution in [-0.4, -0.2) is 75.2 Å². The van der Waals surface area contributed by atoms with Crippen LogP contribution in [0.2, 0.25) is 0 Å². The number of Topliss-reactive ketones (excluding diaryl/α,β-unsaturated/α-hetero) is 1. The number of nitrogens with one attached hydrogen (secondary N) is 1. The van der Waals surface area contributed by atoms with E-state index in [9.17, 15) is 24.6 Å². The predicted octanol–water partition coefficient (Wildman–Crippen LogP) is 4.00. The number of rotatable bonds is 16. The second-order valence-corrected chi connectivity index (χ2v) is 13.9. The molecular weight excluding hydrogens is 620 g/mol. The Bertz CT molecular complexity index is 1550. The normalized spacial score (nSPS) is 18.2. The van der Waals surface area contributed by atoms with Crippen molar-refractivity contribution < 1.29 is 24.6 Å². The zero-order valence-corrected chi connectivity index (χ0v) is 29.3. The van der Waals surface area contributed by atoms with Gasteiger partial charge in [0.15, 0.2) is 5.78 Å². The van der Waals surface area contributed by atoms with E-state index in [0.717, 1.165) is 37.5 Å².